The van der Waals surface area contributed by atoms with Crippen LogP contribution in [0.1, 0.15) is 6.92 Å². The van der Waals surface area contributed by atoms with Crippen molar-refractivity contribution in [2.45, 2.75) is 13.0 Å². The van der Waals surface area contributed by atoms with Gasteiger partial charge in [0, 0.05) is 25.7 Å². The molecule has 0 aromatic rings. The van der Waals surface area contributed by atoms with Crippen LogP contribution in [0.5, 0.6) is 0 Å². The molecule has 2 N–H and O–H groups in total. The lowest BCUT2D eigenvalue weighted by Crippen LogP contribution is -2.38. The standard InChI is InChI=1S/C9H20N2O2/c1-9(10)8-13-7-4-11-2-5-12-6-3-11/h9H,2-8,10H2,1H3. The van der Waals surface area contributed by atoms with Gasteiger partial charge in [-0.15, -0.1) is 0 Å². The lowest BCUT2D eigenvalue weighted by atomic mass is 10.4. The zero-order valence-corrected chi connectivity index (χ0v) is 8.37. The Bertz CT molecular complexity index is 125. The van der Waals surface area contributed by atoms with Crippen LogP contribution in [0.3, 0.4) is 0 Å². The third-order valence-electron chi connectivity index (χ3n) is 2.04. The average Bonchev–Trinajstić information content (AvgIpc) is 2.14. The molecule has 0 aliphatic carbocycles. The largest absolute Gasteiger partial charge is 0.379 e. The van der Waals surface area contributed by atoms with E-state index in [1.807, 2.05) is 6.92 Å². The Kier molecular flexibility index (Phi) is 5.31. The molecule has 4 heteroatoms. The quantitative estimate of drug-likeness (QED) is 0.601. The van der Waals surface area contributed by atoms with Gasteiger partial charge in [0.05, 0.1) is 26.4 Å². The summed E-state index contributed by atoms with van der Waals surface area (Å²) in [6, 6.07) is 0.143. The number of morpholine rings is 1. The van der Waals surface area contributed by atoms with Crippen LogP contribution in [0.2, 0.25) is 0 Å². The monoisotopic (exact) mass is 188 g/mol. The van der Waals surface area contributed by atoms with Gasteiger partial charge in [-0.1, -0.05) is 0 Å². The minimum Gasteiger partial charge on any atom is -0.379 e. The molecule has 1 fully saturated rings. The summed E-state index contributed by atoms with van der Waals surface area (Å²) in [5, 5.41) is 0. The van der Waals surface area contributed by atoms with Crippen molar-refractivity contribution in [3.63, 3.8) is 0 Å². The molecule has 0 bridgehead atoms. The molecule has 1 unspecified atom stereocenters. The highest BCUT2D eigenvalue weighted by Crippen LogP contribution is 1.95. The predicted octanol–water partition coefficient (Wildman–Crippen LogP) is -0.318. The van der Waals surface area contributed by atoms with Gasteiger partial charge < -0.3 is 15.2 Å². The molecule has 1 atom stereocenters. The van der Waals surface area contributed by atoms with Crippen molar-refractivity contribution in [1.82, 2.24) is 4.90 Å². The molecule has 0 radical (unpaired) electrons. The number of rotatable bonds is 5. The Morgan fingerprint density at radius 3 is 2.77 bits per heavy atom. The Balaban J connectivity index is 1.92. The van der Waals surface area contributed by atoms with Gasteiger partial charge in [0.1, 0.15) is 0 Å². The molecule has 1 heterocycles. The highest BCUT2D eigenvalue weighted by molar-refractivity contribution is 4.61. The zero-order chi connectivity index (χ0) is 9.52. The summed E-state index contributed by atoms with van der Waals surface area (Å²) in [6.07, 6.45) is 0. The third kappa shape index (κ3) is 5.21. The van der Waals surface area contributed by atoms with Crippen LogP contribution in [0.15, 0.2) is 0 Å². The van der Waals surface area contributed by atoms with Crippen LogP contribution in [-0.4, -0.2) is 57.0 Å². The minimum atomic E-state index is 0.143. The van der Waals surface area contributed by atoms with Gasteiger partial charge in [-0.3, -0.25) is 4.90 Å². The smallest absolute Gasteiger partial charge is 0.0615 e. The fourth-order valence-corrected chi connectivity index (χ4v) is 1.29. The van der Waals surface area contributed by atoms with Gasteiger partial charge in [-0.05, 0) is 6.92 Å². The van der Waals surface area contributed by atoms with E-state index in [-0.39, 0.29) is 6.04 Å². The van der Waals surface area contributed by atoms with E-state index in [2.05, 4.69) is 4.90 Å². The van der Waals surface area contributed by atoms with E-state index in [4.69, 9.17) is 15.2 Å². The Labute approximate surface area is 80.0 Å². The first kappa shape index (κ1) is 10.9. The Hall–Kier alpha value is -0.160. The molecule has 13 heavy (non-hydrogen) atoms. The summed E-state index contributed by atoms with van der Waals surface area (Å²) in [6.45, 7) is 8.15. The van der Waals surface area contributed by atoms with Crippen LogP contribution in [0.25, 0.3) is 0 Å². The van der Waals surface area contributed by atoms with Crippen molar-refractivity contribution in [1.29, 1.82) is 0 Å². The van der Waals surface area contributed by atoms with Crippen LogP contribution in [0.4, 0.5) is 0 Å². The van der Waals surface area contributed by atoms with Crippen molar-refractivity contribution >= 4 is 0 Å². The molecule has 0 spiro atoms. The summed E-state index contributed by atoms with van der Waals surface area (Å²) < 4.78 is 10.6. The number of nitrogens with two attached hydrogens (primary N) is 1. The molecule has 0 saturated carbocycles. The van der Waals surface area contributed by atoms with Crippen LogP contribution in [-0.2, 0) is 9.47 Å². The van der Waals surface area contributed by atoms with Crippen LogP contribution >= 0.6 is 0 Å². The van der Waals surface area contributed by atoms with Crippen molar-refractivity contribution in [2.75, 3.05) is 46.1 Å². The van der Waals surface area contributed by atoms with Crippen molar-refractivity contribution in [2.24, 2.45) is 5.73 Å². The minimum absolute atomic E-state index is 0.143. The normalized spacial score (nSPS) is 21.7. The van der Waals surface area contributed by atoms with Crippen molar-refractivity contribution in [3.8, 4) is 0 Å². The fourth-order valence-electron chi connectivity index (χ4n) is 1.29. The van der Waals surface area contributed by atoms with E-state index in [0.29, 0.717) is 6.61 Å². The maximum atomic E-state index is 5.55. The van der Waals surface area contributed by atoms with E-state index < -0.39 is 0 Å². The second-order valence-corrected chi connectivity index (χ2v) is 3.51. The highest BCUT2D eigenvalue weighted by atomic mass is 16.5. The predicted molar refractivity (Wildman–Crippen MR) is 51.7 cm³/mol. The van der Waals surface area contributed by atoms with Gasteiger partial charge >= 0.3 is 0 Å². The van der Waals surface area contributed by atoms with E-state index in [1.54, 1.807) is 0 Å². The van der Waals surface area contributed by atoms with Gasteiger partial charge in [0.25, 0.3) is 0 Å². The Morgan fingerprint density at radius 2 is 2.15 bits per heavy atom. The molecular formula is C9H20N2O2. The van der Waals surface area contributed by atoms with Gasteiger partial charge in [-0.25, -0.2) is 0 Å². The van der Waals surface area contributed by atoms with Gasteiger partial charge in [0.15, 0.2) is 0 Å². The molecule has 1 rings (SSSR count). The van der Waals surface area contributed by atoms with E-state index in [0.717, 1.165) is 39.5 Å². The molecule has 0 amide bonds. The maximum Gasteiger partial charge on any atom is 0.0615 e. The molecule has 0 aromatic carbocycles. The SMILES string of the molecule is CC(N)COCCN1CCOCC1. The summed E-state index contributed by atoms with van der Waals surface area (Å²) in [5.74, 6) is 0. The first-order chi connectivity index (χ1) is 6.29. The molecule has 4 nitrogen and oxygen atoms in total. The Morgan fingerprint density at radius 1 is 1.46 bits per heavy atom. The molecule has 0 aromatic heterocycles. The summed E-state index contributed by atoms with van der Waals surface area (Å²) in [5.41, 5.74) is 5.55. The maximum absolute atomic E-state index is 5.55. The number of nitrogens with zero attached hydrogens (tertiary/aromatic N) is 1. The summed E-state index contributed by atoms with van der Waals surface area (Å²) in [7, 11) is 0. The molecule has 1 saturated heterocycles. The first-order valence-corrected chi connectivity index (χ1v) is 4.92. The molecule has 78 valence electrons. The van der Waals surface area contributed by atoms with Crippen molar-refractivity contribution < 1.29 is 9.47 Å². The molecule has 1 aliphatic rings. The highest BCUT2D eigenvalue weighted by Gasteiger charge is 2.09. The van der Waals surface area contributed by atoms with Crippen molar-refractivity contribution in [3.05, 3.63) is 0 Å². The summed E-state index contributed by atoms with van der Waals surface area (Å²) >= 11 is 0. The number of hydrogen-bond acceptors (Lipinski definition) is 4. The summed E-state index contributed by atoms with van der Waals surface area (Å²) in [4.78, 5) is 2.35. The number of hydrogen-bond donors (Lipinski definition) is 1. The number of ether oxygens (including phenoxy) is 2. The van der Waals surface area contributed by atoms with E-state index in [1.165, 1.54) is 0 Å². The molecule has 1 aliphatic heterocycles. The van der Waals surface area contributed by atoms with Crippen LogP contribution in [0, 0.1) is 0 Å². The van der Waals surface area contributed by atoms with Gasteiger partial charge in [-0.2, -0.15) is 0 Å². The first-order valence-electron chi connectivity index (χ1n) is 4.92. The lowest BCUT2D eigenvalue weighted by molar-refractivity contribution is 0.0193. The average molecular weight is 188 g/mol. The second kappa shape index (κ2) is 6.32. The third-order valence-corrected chi connectivity index (χ3v) is 2.04. The lowest BCUT2D eigenvalue weighted by Gasteiger charge is -2.26. The zero-order valence-electron chi connectivity index (χ0n) is 8.37. The van der Waals surface area contributed by atoms with E-state index >= 15 is 0 Å². The topological polar surface area (TPSA) is 47.7 Å². The molecular weight excluding hydrogens is 168 g/mol. The fraction of sp³-hybridized carbons (Fsp3) is 1.00. The van der Waals surface area contributed by atoms with Crippen LogP contribution < -0.4 is 5.73 Å². The van der Waals surface area contributed by atoms with Gasteiger partial charge in [0.2, 0.25) is 0 Å². The van der Waals surface area contributed by atoms with E-state index in [9.17, 15) is 0 Å². The second-order valence-electron chi connectivity index (χ2n) is 3.51.